The van der Waals surface area contributed by atoms with Crippen LogP contribution in [0.25, 0.3) is 0 Å². The van der Waals surface area contributed by atoms with Crippen LogP contribution in [0.15, 0.2) is 6.20 Å². The number of piperidine rings is 1. The highest BCUT2D eigenvalue weighted by atomic mass is 16.5. The topological polar surface area (TPSA) is 42.3 Å². The summed E-state index contributed by atoms with van der Waals surface area (Å²) in [5, 5.41) is 3.40. The second-order valence-corrected chi connectivity index (χ2v) is 5.50. The largest absolute Gasteiger partial charge is 0.385 e. The number of ether oxygens (including phenoxy) is 1. The van der Waals surface area contributed by atoms with Crippen molar-refractivity contribution in [3.05, 3.63) is 11.9 Å². The van der Waals surface area contributed by atoms with Crippen molar-refractivity contribution in [2.24, 2.45) is 0 Å². The molecule has 1 aliphatic heterocycles. The molecule has 0 bridgehead atoms. The van der Waals surface area contributed by atoms with Gasteiger partial charge in [0, 0.05) is 45.6 Å². The van der Waals surface area contributed by atoms with Gasteiger partial charge in [0.25, 0.3) is 0 Å². The van der Waals surface area contributed by atoms with E-state index in [0.29, 0.717) is 6.04 Å². The summed E-state index contributed by atoms with van der Waals surface area (Å²) in [6, 6.07) is 0.581. The fraction of sp³-hybridized carbons (Fsp3) is 0.800. The lowest BCUT2D eigenvalue weighted by Crippen LogP contribution is -2.45. The van der Waals surface area contributed by atoms with Gasteiger partial charge in [-0.2, -0.15) is 0 Å². The highest BCUT2D eigenvalue weighted by molar-refractivity contribution is 5.35. The van der Waals surface area contributed by atoms with Crippen LogP contribution < -0.4 is 10.2 Å². The molecule has 2 rings (SSSR count). The maximum absolute atomic E-state index is 5.16. The van der Waals surface area contributed by atoms with Crippen molar-refractivity contribution < 1.29 is 4.74 Å². The van der Waals surface area contributed by atoms with E-state index in [1.165, 1.54) is 18.5 Å². The number of hydrogen-bond acceptors (Lipinski definition) is 4. The maximum atomic E-state index is 5.16. The Bertz CT molecular complexity index is 405. The SMILES string of the molecule is CCc1cn(CCCOC)c(N2CCCC(NC)C2)n1. The minimum absolute atomic E-state index is 0.581. The van der Waals surface area contributed by atoms with Crippen molar-refractivity contribution in [2.75, 3.05) is 38.8 Å². The van der Waals surface area contributed by atoms with E-state index in [-0.39, 0.29) is 0 Å². The van der Waals surface area contributed by atoms with Crippen LogP contribution in [0.2, 0.25) is 0 Å². The Morgan fingerprint density at radius 2 is 2.35 bits per heavy atom. The minimum atomic E-state index is 0.581. The number of rotatable bonds is 7. The van der Waals surface area contributed by atoms with Crippen LogP contribution in [-0.4, -0.2) is 49.4 Å². The average Bonchev–Trinajstić information content (AvgIpc) is 2.91. The van der Waals surface area contributed by atoms with Gasteiger partial charge >= 0.3 is 0 Å². The van der Waals surface area contributed by atoms with Crippen molar-refractivity contribution in [1.29, 1.82) is 0 Å². The Morgan fingerprint density at radius 3 is 3.05 bits per heavy atom. The third kappa shape index (κ3) is 3.73. The van der Waals surface area contributed by atoms with Crippen LogP contribution in [-0.2, 0) is 17.7 Å². The zero-order valence-electron chi connectivity index (χ0n) is 13.1. The van der Waals surface area contributed by atoms with Gasteiger partial charge in [0.15, 0.2) is 0 Å². The van der Waals surface area contributed by atoms with Gasteiger partial charge in [0.2, 0.25) is 5.95 Å². The standard InChI is InChI=1S/C15H28N4O/c1-4-13-11-19(9-6-10-20-3)15(17-13)18-8-5-7-14(12-18)16-2/h11,14,16H,4-10,12H2,1-3H3. The molecule has 1 N–H and O–H groups in total. The van der Waals surface area contributed by atoms with Gasteiger partial charge in [-0.3, -0.25) is 0 Å². The summed E-state index contributed by atoms with van der Waals surface area (Å²) >= 11 is 0. The Kier molecular flexibility index (Phi) is 5.86. The van der Waals surface area contributed by atoms with Gasteiger partial charge in [0.05, 0.1) is 5.69 Å². The molecule has 5 heteroatoms. The molecule has 20 heavy (non-hydrogen) atoms. The molecule has 0 amide bonds. The number of anilines is 1. The number of nitrogens with one attached hydrogen (secondary N) is 1. The molecule has 2 heterocycles. The third-order valence-corrected chi connectivity index (χ3v) is 4.03. The zero-order valence-corrected chi connectivity index (χ0v) is 13.1. The molecule has 0 radical (unpaired) electrons. The fourth-order valence-electron chi connectivity index (χ4n) is 2.82. The Morgan fingerprint density at radius 1 is 1.50 bits per heavy atom. The van der Waals surface area contributed by atoms with Gasteiger partial charge in [-0.15, -0.1) is 0 Å². The molecular formula is C15H28N4O. The quantitative estimate of drug-likeness (QED) is 0.772. The summed E-state index contributed by atoms with van der Waals surface area (Å²) in [4.78, 5) is 7.25. The van der Waals surface area contributed by atoms with Crippen LogP contribution in [0.3, 0.4) is 0 Å². The van der Waals surface area contributed by atoms with E-state index in [2.05, 4.69) is 35.0 Å². The van der Waals surface area contributed by atoms with Gasteiger partial charge in [-0.25, -0.2) is 4.98 Å². The van der Waals surface area contributed by atoms with E-state index in [1.54, 1.807) is 7.11 Å². The summed E-state index contributed by atoms with van der Waals surface area (Å²) in [6.45, 7) is 6.12. The van der Waals surface area contributed by atoms with Crippen LogP contribution in [0, 0.1) is 0 Å². The molecule has 0 aromatic carbocycles. The monoisotopic (exact) mass is 280 g/mol. The maximum Gasteiger partial charge on any atom is 0.205 e. The van der Waals surface area contributed by atoms with E-state index in [0.717, 1.165) is 45.0 Å². The van der Waals surface area contributed by atoms with Crippen molar-refractivity contribution in [3.63, 3.8) is 0 Å². The van der Waals surface area contributed by atoms with Gasteiger partial charge < -0.3 is 19.5 Å². The van der Waals surface area contributed by atoms with E-state index in [4.69, 9.17) is 9.72 Å². The smallest absolute Gasteiger partial charge is 0.205 e. The Hall–Kier alpha value is -1.07. The van der Waals surface area contributed by atoms with Gasteiger partial charge in [-0.05, 0) is 32.7 Å². The van der Waals surface area contributed by atoms with Crippen molar-refractivity contribution in [2.45, 2.75) is 45.2 Å². The predicted molar refractivity (Wildman–Crippen MR) is 82.4 cm³/mol. The average molecular weight is 280 g/mol. The molecule has 1 unspecified atom stereocenters. The molecule has 1 aromatic rings. The molecule has 114 valence electrons. The van der Waals surface area contributed by atoms with Crippen LogP contribution >= 0.6 is 0 Å². The number of aryl methyl sites for hydroxylation is 2. The summed E-state index contributed by atoms with van der Waals surface area (Å²) in [5.74, 6) is 1.14. The molecule has 1 fully saturated rings. The molecule has 0 aliphatic carbocycles. The first-order chi connectivity index (χ1) is 9.78. The second-order valence-electron chi connectivity index (χ2n) is 5.50. The molecular weight excluding hydrogens is 252 g/mol. The lowest BCUT2D eigenvalue weighted by molar-refractivity contribution is 0.190. The van der Waals surface area contributed by atoms with E-state index < -0.39 is 0 Å². The first-order valence-electron chi connectivity index (χ1n) is 7.75. The molecule has 1 aromatic heterocycles. The molecule has 0 saturated carbocycles. The number of methoxy groups -OCH3 is 1. The van der Waals surface area contributed by atoms with Crippen LogP contribution in [0.5, 0.6) is 0 Å². The van der Waals surface area contributed by atoms with Gasteiger partial charge in [-0.1, -0.05) is 6.92 Å². The van der Waals surface area contributed by atoms with E-state index in [1.807, 2.05) is 0 Å². The third-order valence-electron chi connectivity index (χ3n) is 4.03. The van der Waals surface area contributed by atoms with Crippen molar-refractivity contribution in [3.8, 4) is 0 Å². The predicted octanol–water partition coefficient (Wildman–Crippen LogP) is 1.67. The zero-order chi connectivity index (χ0) is 14.4. The van der Waals surface area contributed by atoms with Crippen LogP contribution in [0.4, 0.5) is 5.95 Å². The summed E-state index contributed by atoms with van der Waals surface area (Å²) in [6.07, 6.45) is 6.73. The number of imidazole rings is 1. The summed E-state index contributed by atoms with van der Waals surface area (Å²) in [7, 11) is 3.81. The summed E-state index contributed by atoms with van der Waals surface area (Å²) in [5.41, 5.74) is 1.18. The molecule has 0 spiro atoms. The highest BCUT2D eigenvalue weighted by Crippen LogP contribution is 2.20. The minimum Gasteiger partial charge on any atom is -0.385 e. The first-order valence-corrected chi connectivity index (χ1v) is 7.75. The number of aromatic nitrogens is 2. The number of nitrogens with zero attached hydrogens (tertiary/aromatic N) is 3. The Balaban J connectivity index is 2.09. The van der Waals surface area contributed by atoms with E-state index in [9.17, 15) is 0 Å². The highest BCUT2D eigenvalue weighted by Gasteiger charge is 2.22. The number of hydrogen-bond donors (Lipinski definition) is 1. The summed E-state index contributed by atoms with van der Waals surface area (Å²) < 4.78 is 7.46. The van der Waals surface area contributed by atoms with Crippen LogP contribution in [0.1, 0.15) is 31.9 Å². The number of likely N-dealkylation sites (N-methyl/N-ethyl adjacent to an activating group) is 1. The van der Waals surface area contributed by atoms with Gasteiger partial charge in [0.1, 0.15) is 0 Å². The normalized spacial score (nSPS) is 19.6. The second kappa shape index (κ2) is 7.64. The fourth-order valence-corrected chi connectivity index (χ4v) is 2.82. The molecule has 1 aliphatic rings. The van der Waals surface area contributed by atoms with Crippen molar-refractivity contribution in [1.82, 2.24) is 14.9 Å². The lowest BCUT2D eigenvalue weighted by atomic mass is 10.1. The van der Waals surface area contributed by atoms with E-state index >= 15 is 0 Å². The van der Waals surface area contributed by atoms with Crippen molar-refractivity contribution >= 4 is 5.95 Å². The molecule has 1 saturated heterocycles. The Labute approximate surface area is 122 Å². The molecule has 1 atom stereocenters. The first kappa shape index (κ1) is 15.3. The molecule has 5 nitrogen and oxygen atoms in total. The lowest BCUT2D eigenvalue weighted by Gasteiger charge is -2.33.